The van der Waals surface area contributed by atoms with E-state index in [0.717, 1.165) is 17.7 Å². The summed E-state index contributed by atoms with van der Waals surface area (Å²) in [5.41, 5.74) is 2.22. The molecule has 3 nitrogen and oxygen atoms in total. The van der Waals surface area contributed by atoms with Gasteiger partial charge in [0.15, 0.2) is 0 Å². The van der Waals surface area contributed by atoms with Crippen LogP contribution in [0.15, 0.2) is 18.2 Å². The van der Waals surface area contributed by atoms with Crippen LogP contribution in [0.25, 0.3) is 0 Å². The van der Waals surface area contributed by atoms with Crippen LogP contribution in [0.2, 0.25) is 5.02 Å². The molecule has 0 aromatic heterocycles. The molecule has 1 aromatic rings. The minimum Gasteiger partial charge on any atom is -0.481 e. The highest BCUT2D eigenvalue weighted by molar-refractivity contribution is 6.30. The molecule has 0 saturated carbocycles. The highest BCUT2D eigenvalue weighted by Gasteiger charge is 2.27. The maximum absolute atomic E-state index is 10.7. The molecular formula is C11H12ClNO2. The Balaban J connectivity index is 2.25. The predicted molar refractivity (Wildman–Crippen MR) is 59.6 cm³/mol. The summed E-state index contributed by atoms with van der Waals surface area (Å²) in [6.45, 7) is 0. The third-order valence-corrected chi connectivity index (χ3v) is 3.07. The van der Waals surface area contributed by atoms with Gasteiger partial charge in [-0.05, 0) is 30.2 Å². The zero-order valence-electron chi connectivity index (χ0n) is 8.40. The second-order valence-corrected chi connectivity index (χ2v) is 4.28. The Labute approximate surface area is 93.3 Å². The zero-order valence-corrected chi connectivity index (χ0v) is 9.16. The van der Waals surface area contributed by atoms with E-state index in [-0.39, 0.29) is 12.5 Å². The second-order valence-electron chi connectivity index (χ2n) is 3.84. The molecule has 4 heteroatoms. The van der Waals surface area contributed by atoms with E-state index in [4.69, 9.17) is 16.7 Å². The van der Waals surface area contributed by atoms with Crippen molar-refractivity contribution in [3.63, 3.8) is 0 Å². The van der Waals surface area contributed by atoms with E-state index in [1.54, 1.807) is 0 Å². The predicted octanol–water partition coefficient (Wildman–Crippen LogP) is 2.18. The van der Waals surface area contributed by atoms with E-state index in [2.05, 4.69) is 0 Å². The summed E-state index contributed by atoms with van der Waals surface area (Å²) in [5, 5.41) is 9.48. The molecule has 1 aliphatic heterocycles. The van der Waals surface area contributed by atoms with Crippen LogP contribution in [-0.2, 0) is 11.2 Å². The summed E-state index contributed by atoms with van der Waals surface area (Å²) >= 11 is 5.89. The summed E-state index contributed by atoms with van der Waals surface area (Å²) in [4.78, 5) is 12.7. The number of halogens is 1. The fourth-order valence-corrected chi connectivity index (χ4v) is 2.25. The molecule has 0 fully saturated rings. The number of aliphatic carboxylic acids is 1. The van der Waals surface area contributed by atoms with Gasteiger partial charge in [-0.1, -0.05) is 11.6 Å². The SMILES string of the molecule is CN1c2ccc(Cl)cc2CC1CC(=O)O. The second kappa shape index (κ2) is 3.74. The average Bonchev–Trinajstić information content (AvgIpc) is 2.42. The maximum atomic E-state index is 10.7. The number of carboxylic acids is 1. The van der Waals surface area contributed by atoms with E-state index in [1.165, 1.54) is 0 Å². The summed E-state index contributed by atoms with van der Waals surface area (Å²) in [6.07, 6.45) is 0.932. The topological polar surface area (TPSA) is 40.5 Å². The van der Waals surface area contributed by atoms with Gasteiger partial charge in [0.25, 0.3) is 0 Å². The Morgan fingerprint density at radius 2 is 2.40 bits per heavy atom. The molecule has 0 amide bonds. The number of fused-ring (bicyclic) bond motifs is 1. The van der Waals surface area contributed by atoms with Gasteiger partial charge in [-0.15, -0.1) is 0 Å². The van der Waals surface area contributed by atoms with Crippen LogP contribution in [0.4, 0.5) is 5.69 Å². The molecule has 80 valence electrons. The van der Waals surface area contributed by atoms with Crippen molar-refractivity contribution >= 4 is 23.3 Å². The monoisotopic (exact) mass is 225 g/mol. The van der Waals surface area contributed by atoms with Gasteiger partial charge in [0.05, 0.1) is 6.42 Å². The lowest BCUT2D eigenvalue weighted by Gasteiger charge is -2.20. The summed E-state index contributed by atoms with van der Waals surface area (Å²) < 4.78 is 0. The zero-order chi connectivity index (χ0) is 11.0. The number of likely N-dealkylation sites (N-methyl/N-ethyl adjacent to an activating group) is 1. The Morgan fingerprint density at radius 1 is 1.67 bits per heavy atom. The molecule has 0 spiro atoms. The quantitative estimate of drug-likeness (QED) is 0.839. The van der Waals surface area contributed by atoms with Gasteiger partial charge in [0.2, 0.25) is 0 Å². The molecule has 0 saturated heterocycles. The third-order valence-electron chi connectivity index (χ3n) is 2.84. The van der Waals surface area contributed by atoms with Crippen LogP contribution in [-0.4, -0.2) is 24.2 Å². The number of nitrogens with zero attached hydrogens (tertiary/aromatic N) is 1. The van der Waals surface area contributed by atoms with Gasteiger partial charge >= 0.3 is 5.97 Å². The Morgan fingerprint density at radius 3 is 3.07 bits per heavy atom. The highest BCUT2D eigenvalue weighted by Crippen LogP contribution is 2.33. The van der Waals surface area contributed by atoms with Gasteiger partial charge in [-0.25, -0.2) is 0 Å². The van der Waals surface area contributed by atoms with E-state index < -0.39 is 5.97 Å². The number of carboxylic acid groups (broad SMARTS) is 1. The van der Waals surface area contributed by atoms with Crippen molar-refractivity contribution in [2.45, 2.75) is 18.9 Å². The standard InChI is InChI=1S/C11H12ClNO2/c1-13-9(6-11(14)15)5-7-4-8(12)2-3-10(7)13/h2-4,9H,5-6H2,1H3,(H,14,15). The van der Waals surface area contributed by atoms with Crippen molar-refractivity contribution in [1.82, 2.24) is 0 Å². The molecule has 0 bridgehead atoms. The molecule has 1 aromatic carbocycles. The molecule has 0 aliphatic carbocycles. The van der Waals surface area contributed by atoms with E-state index >= 15 is 0 Å². The number of hydrogen-bond donors (Lipinski definition) is 1. The van der Waals surface area contributed by atoms with Crippen LogP contribution in [0.3, 0.4) is 0 Å². The molecule has 1 heterocycles. The minimum atomic E-state index is -0.759. The molecule has 1 unspecified atom stereocenters. The van der Waals surface area contributed by atoms with E-state index in [9.17, 15) is 4.79 Å². The van der Waals surface area contributed by atoms with Gasteiger partial charge in [-0.3, -0.25) is 4.79 Å². The normalized spacial score (nSPS) is 19.1. The number of benzene rings is 1. The largest absolute Gasteiger partial charge is 0.481 e. The number of rotatable bonds is 2. The van der Waals surface area contributed by atoms with Crippen LogP contribution in [0.1, 0.15) is 12.0 Å². The van der Waals surface area contributed by atoms with Gasteiger partial charge < -0.3 is 10.0 Å². The average molecular weight is 226 g/mol. The smallest absolute Gasteiger partial charge is 0.305 e. The number of carbonyl (C=O) groups is 1. The number of hydrogen-bond acceptors (Lipinski definition) is 2. The molecule has 1 atom stereocenters. The van der Waals surface area contributed by atoms with Crippen LogP contribution in [0, 0.1) is 0 Å². The van der Waals surface area contributed by atoms with Crippen molar-refractivity contribution in [3.05, 3.63) is 28.8 Å². The summed E-state index contributed by atoms with van der Waals surface area (Å²) in [7, 11) is 1.92. The van der Waals surface area contributed by atoms with Crippen molar-refractivity contribution in [3.8, 4) is 0 Å². The van der Waals surface area contributed by atoms with Crippen molar-refractivity contribution in [2.75, 3.05) is 11.9 Å². The van der Waals surface area contributed by atoms with Crippen molar-refractivity contribution < 1.29 is 9.90 Å². The highest BCUT2D eigenvalue weighted by atomic mass is 35.5. The fourth-order valence-electron chi connectivity index (χ4n) is 2.06. The summed E-state index contributed by atoms with van der Waals surface area (Å²) in [6, 6.07) is 5.74. The first kappa shape index (κ1) is 10.3. The van der Waals surface area contributed by atoms with Gasteiger partial charge in [0, 0.05) is 23.8 Å². The Kier molecular flexibility index (Phi) is 2.57. The molecule has 1 aliphatic rings. The van der Waals surface area contributed by atoms with Crippen LogP contribution >= 0.6 is 11.6 Å². The fraction of sp³-hybridized carbons (Fsp3) is 0.364. The van der Waals surface area contributed by atoms with Gasteiger partial charge in [-0.2, -0.15) is 0 Å². The van der Waals surface area contributed by atoms with Gasteiger partial charge in [0.1, 0.15) is 0 Å². The van der Waals surface area contributed by atoms with Crippen molar-refractivity contribution in [2.24, 2.45) is 0 Å². The van der Waals surface area contributed by atoms with E-state index in [0.29, 0.717) is 5.02 Å². The molecule has 2 rings (SSSR count). The molecule has 1 N–H and O–H groups in total. The first-order chi connectivity index (χ1) is 7.08. The summed E-state index contributed by atoms with van der Waals surface area (Å²) in [5.74, 6) is -0.759. The first-order valence-electron chi connectivity index (χ1n) is 4.81. The van der Waals surface area contributed by atoms with Crippen LogP contribution in [0.5, 0.6) is 0 Å². The lowest BCUT2D eigenvalue weighted by Crippen LogP contribution is -2.30. The Bertz CT molecular complexity index is 406. The van der Waals surface area contributed by atoms with Crippen molar-refractivity contribution in [1.29, 1.82) is 0 Å². The lowest BCUT2D eigenvalue weighted by molar-refractivity contribution is -0.137. The van der Waals surface area contributed by atoms with E-state index in [1.807, 2.05) is 30.1 Å². The third kappa shape index (κ3) is 1.92. The Hall–Kier alpha value is -1.22. The lowest BCUT2D eigenvalue weighted by atomic mass is 10.1. The molecule has 15 heavy (non-hydrogen) atoms. The minimum absolute atomic E-state index is 0.0518. The molecule has 0 radical (unpaired) electrons. The molecular weight excluding hydrogens is 214 g/mol. The van der Waals surface area contributed by atoms with Crippen LogP contribution < -0.4 is 4.90 Å². The maximum Gasteiger partial charge on any atom is 0.305 e. The number of anilines is 1. The first-order valence-corrected chi connectivity index (χ1v) is 5.19.